The molecule has 3 N–H and O–H groups in total. The molecule has 5 heteroatoms. The van der Waals surface area contributed by atoms with Gasteiger partial charge in [0.15, 0.2) is 0 Å². The summed E-state index contributed by atoms with van der Waals surface area (Å²) in [5, 5.41) is 7.83. The number of hydrogen-bond donors (Lipinski definition) is 2. The molecular weight excluding hydrogens is 240 g/mol. The average Bonchev–Trinajstić information content (AvgIpc) is 2.82. The highest BCUT2D eigenvalue weighted by Crippen LogP contribution is 2.29. The van der Waals surface area contributed by atoms with Gasteiger partial charge < -0.3 is 15.5 Å². The molecule has 0 saturated heterocycles. The van der Waals surface area contributed by atoms with E-state index in [-0.39, 0.29) is 6.04 Å². The minimum atomic E-state index is 0.125. The molecule has 0 bridgehead atoms. The van der Waals surface area contributed by atoms with Gasteiger partial charge in [0.05, 0.1) is 17.4 Å². The molecule has 0 fully saturated rings. The highest BCUT2D eigenvalue weighted by molar-refractivity contribution is 5.65. The SMILES string of the molecule is CCc1nn(C)c(NC(C)c2cc(C)oc2C)c1N. The second-order valence-electron chi connectivity index (χ2n) is 4.92. The summed E-state index contributed by atoms with van der Waals surface area (Å²) in [4.78, 5) is 0. The minimum absolute atomic E-state index is 0.125. The third-order valence-corrected chi connectivity index (χ3v) is 3.39. The quantitative estimate of drug-likeness (QED) is 0.888. The van der Waals surface area contributed by atoms with Crippen molar-refractivity contribution >= 4 is 11.5 Å². The van der Waals surface area contributed by atoms with Crippen molar-refractivity contribution < 1.29 is 4.42 Å². The Morgan fingerprint density at radius 1 is 1.47 bits per heavy atom. The molecule has 1 atom stereocenters. The maximum atomic E-state index is 6.12. The molecule has 0 aliphatic carbocycles. The first-order valence-electron chi connectivity index (χ1n) is 6.58. The lowest BCUT2D eigenvalue weighted by atomic mass is 10.1. The number of aryl methyl sites for hydroxylation is 4. The number of aromatic nitrogens is 2. The molecule has 104 valence electrons. The monoisotopic (exact) mass is 262 g/mol. The Bertz CT molecular complexity index is 583. The first kappa shape index (κ1) is 13.5. The van der Waals surface area contributed by atoms with Crippen LogP contribution in [0.3, 0.4) is 0 Å². The van der Waals surface area contributed by atoms with Gasteiger partial charge in [-0.1, -0.05) is 6.92 Å². The number of nitrogens with one attached hydrogen (secondary N) is 1. The molecule has 0 spiro atoms. The van der Waals surface area contributed by atoms with Crippen LogP contribution in [0.15, 0.2) is 10.5 Å². The zero-order chi connectivity index (χ0) is 14.2. The van der Waals surface area contributed by atoms with Gasteiger partial charge in [0, 0.05) is 12.6 Å². The van der Waals surface area contributed by atoms with Crippen molar-refractivity contribution in [3.05, 3.63) is 28.8 Å². The van der Waals surface area contributed by atoms with Crippen LogP contribution in [0.5, 0.6) is 0 Å². The lowest BCUT2D eigenvalue weighted by Gasteiger charge is -2.15. The fourth-order valence-electron chi connectivity index (χ4n) is 2.39. The second-order valence-corrected chi connectivity index (χ2v) is 4.92. The number of hydrogen-bond acceptors (Lipinski definition) is 4. The molecule has 2 aromatic heterocycles. The summed E-state index contributed by atoms with van der Waals surface area (Å²) in [5.74, 6) is 2.73. The molecule has 0 aliphatic rings. The Balaban J connectivity index is 2.26. The summed E-state index contributed by atoms with van der Waals surface area (Å²) in [6, 6.07) is 2.18. The van der Waals surface area contributed by atoms with E-state index in [1.807, 2.05) is 20.9 Å². The number of anilines is 2. The minimum Gasteiger partial charge on any atom is -0.466 e. The van der Waals surface area contributed by atoms with E-state index in [2.05, 4.69) is 30.3 Å². The fraction of sp³-hybridized carbons (Fsp3) is 0.500. The van der Waals surface area contributed by atoms with Crippen LogP contribution in [-0.4, -0.2) is 9.78 Å². The Morgan fingerprint density at radius 3 is 2.63 bits per heavy atom. The van der Waals surface area contributed by atoms with Gasteiger partial charge in [0.2, 0.25) is 0 Å². The third-order valence-electron chi connectivity index (χ3n) is 3.39. The number of furan rings is 1. The highest BCUT2D eigenvalue weighted by atomic mass is 16.3. The van der Waals surface area contributed by atoms with Crippen molar-refractivity contribution in [2.45, 2.75) is 40.2 Å². The predicted octanol–water partition coefficient (Wildman–Crippen LogP) is 2.95. The summed E-state index contributed by atoms with van der Waals surface area (Å²) in [6.07, 6.45) is 0.833. The molecular formula is C14H22N4O. The number of nitrogen functional groups attached to an aromatic ring is 1. The van der Waals surface area contributed by atoms with Crippen LogP contribution in [0.1, 0.15) is 42.7 Å². The van der Waals surface area contributed by atoms with Crippen molar-refractivity contribution in [2.24, 2.45) is 7.05 Å². The van der Waals surface area contributed by atoms with E-state index >= 15 is 0 Å². The van der Waals surface area contributed by atoms with E-state index in [1.165, 1.54) is 0 Å². The van der Waals surface area contributed by atoms with Crippen LogP contribution < -0.4 is 11.1 Å². The molecule has 0 aliphatic heterocycles. The standard InChI is InChI=1S/C14H22N4O/c1-6-12-13(15)14(18(5)17-12)16-9(3)11-7-8(2)19-10(11)4/h7,9,16H,6,15H2,1-5H3. The first-order chi connectivity index (χ1) is 8.93. The molecule has 2 heterocycles. The molecule has 2 aromatic rings. The van der Waals surface area contributed by atoms with Crippen LogP contribution in [0.25, 0.3) is 0 Å². The average molecular weight is 262 g/mol. The summed E-state index contributed by atoms with van der Waals surface area (Å²) in [7, 11) is 1.90. The lowest BCUT2D eigenvalue weighted by Crippen LogP contribution is -2.11. The Labute approximate surface area is 113 Å². The summed E-state index contributed by atoms with van der Waals surface area (Å²) in [6.45, 7) is 8.08. The van der Waals surface area contributed by atoms with Crippen LogP contribution in [-0.2, 0) is 13.5 Å². The first-order valence-corrected chi connectivity index (χ1v) is 6.58. The molecule has 0 amide bonds. The van der Waals surface area contributed by atoms with Crippen molar-refractivity contribution in [1.29, 1.82) is 0 Å². The highest BCUT2D eigenvalue weighted by Gasteiger charge is 2.17. The number of nitrogens with two attached hydrogens (primary N) is 1. The molecule has 5 nitrogen and oxygen atoms in total. The Kier molecular flexibility index (Phi) is 3.55. The van der Waals surface area contributed by atoms with Crippen LogP contribution in [0.2, 0.25) is 0 Å². The summed E-state index contributed by atoms with van der Waals surface area (Å²) >= 11 is 0. The van der Waals surface area contributed by atoms with E-state index in [0.29, 0.717) is 0 Å². The van der Waals surface area contributed by atoms with E-state index in [9.17, 15) is 0 Å². The lowest BCUT2D eigenvalue weighted by molar-refractivity contribution is 0.499. The number of rotatable bonds is 4. The topological polar surface area (TPSA) is 69.0 Å². The van der Waals surface area contributed by atoms with Crippen molar-refractivity contribution in [2.75, 3.05) is 11.1 Å². The fourth-order valence-corrected chi connectivity index (χ4v) is 2.39. The van der Waals surface area contributed by atoms with E-state index in [1.54, 1.807) is 4.68 Å². The van der Waals surface area contributed by atoms with Gasteiger partial charge in [0.25, 0.3) is 0 Å². The smallest absolute Gasteiger partial charge is 0.148 e. The van der Waals surface area contributed by atoms with Crippen LogP contribution in [0.4, 0.5) is 11.5 Å². The zero-order valence-electron chi connectivity index (χ0n) is 12.2. The zero-order valence-corrected chi connectivity index (χ0v) is 12.2. The van der Waals surface area contributed by atoms with Crippen molar-refractivity contribution in [3.8, 4) is 0 Å². The van der Waals surface area contributed by atoms with Crippen molar-refractivity contribution in [3.63, 3.8) is 0 Å². The van der Waals surface area contributed by atoms with Gasteiger partial charge in [-0.15, -0.1) is 0 Å². The normalized spacial score (nSPS) is 12.7. The van der Waals surface area contributed by atoms with Gasteiger partial charge >= 0.3 is 0 Å². The van der Waals surface area contributed by atoms with Crippen molar-refractivity contribution in [1.82, 2.24) is 9.78 Å². The molecule has 0 saturated carbocycles. The molecule has 2 rings (SSSR count). The maximum Gasteiger partial charge on any atom is 0.148 e. The van der Waals surface area contributed by atoms with Gasteiger partial charge in [-0.25, -0.2) is 0 Å². The molecule has 0 aromatic carbocycles. The van der Waals surface area contributed by atoms with Crippen LogP contribution >= 0.6 is 0 Å². The van der Waals surface area contributed by atoms with E-state index < -0.39 is 0 Å². The predicted molar refractivity (Wildman–Crippen MR) is 77.2 cm³/mol. The largest absolute Gasteiger partial charge is 0.466 e. The van der Waals surface area contributed by atoms with Gasteiger partial charge in [0.1, 0.15) is 17.3 Å². The number of nitrogens with zero attached hydrogens (tertiary/aromatic N) is 2. The second kappa shape index (κ2) is 4.99. The van der Waals surface area contributed by atoms with Crippen LogP contribution in [0, 0.1) is 13.8 Å². The maximum absolute atomic E-state index is 6.12. The van der Waals surface area contributed by atoms with Gasteiger partial charge in [-0.3, -0.25) is 4.68 Å². The summed E-state index contributed by atoms with van der Waals surface area (Å²) in [5.41, 5.74) is 8.92. The van der Waals surface area contributed by atoms with E-state index in [4.69, 9.17) is 10.2 Å². The molecule has 0 radical (unpaired) electrons. The third kappa shape index (κ3) is 2.45. The Hall–Kier alpha value is -1.91. The summed E-state index contributed by atoms with van der Waals surface area (Å²) < 4.78 is 7.37. The van der Waals surface area contributed by atoms with E-state index in [0.717, 1.165) is 40.7 Å². The molecule has 1 unspecified atom stereocenters. The molecule has 19 heavy (non-hydrogen) atoms. The Morgan fingerprint density at radius 2 is 2.16 bits per heavy atom. The van der Waals surface area contributed by atoms with Gasteiger partial charge in [-0.05, 0) is 33.3 Å². The van der Waals surface area contributed by atoms with Gasteiger partial charge in [-0.2, -0.15) is 5.10 Å².